The zero-order valence-electron chi connectivity index (χ0n) is 9.08. The molecule has 0 aromatic carbocycles. The summed E-state index contributed by atoms with van der Waals surface area (Å²) in [7, 11) is 0. The van der Waals surface area contributed by atoms with Crippen LogP contribution in [0.4, 0.5) is 0 Å². The van der Waals surface area contributed by atoms with Gasteiger partial charge < -0.3 is 10.0 Å². The first kappa shape index (κ1) is 13.3. The molecule has 1 N–H and O–H groups in total. The second kappa shape index (κ2) is 6.68. The van der Waals surface area contributed by atoms with Gasteiger partial charge in [-0.25, -0.2) is 0 Å². The second-order valence-electron chi connectivity index (χ2n) is 4.11. The van der Waals surface area contributed by atoms with Crippen LogP contribution >= 0.6 is 12.6 Å². The summed E-state index contributed by atoms with van der Waals surface area (Å²) in [5.41, 5.74) is -0.572. The predicted molar refractivity (Wildman–Crippen MR) is 61.5 cm³/mol. The molecule has 0 saturated carbocycles. The molecule has 0 aliphatic heterocycles. The average molecular weight is 205 g/mol. The van der Waals surface area contributed by atoms with Gasteiger partial charge in [0.1, 0.15) is 0 Å². The summed E-state index contributed by atoms with van der Waals surface area (Å²) >= 11 is 4.17. The zero-order chi connectivity index (χ0) is 10.3. The Labute approximate surface area is 87.7 Å². The highest BCUT2D eigenvalue weighted by Crippen LogP contribution is 2.06. The van der Waals surface area contributed by atoms with E-state index in [1.807, 2.05) is 13.8 Å². The minimum absolute atomic E-state index is 0.572. The predicted octanol–water partition coefficient (Wildman–Crippen LogP) is 1.79. The highest BCUT2D eigenvalue weighted by Gasteiger charge is 2.16. The third-order valence-corrected chi connectivity index (χ3v) is 2.26. The van der Waals surface area contributed by atoms with Crippen molar-refractivity contribution < 1.29 is 5.11 Å². The van der Waals surface area contributed by atoms with Crippen LogP contribution in [0.25, 0.3) is 0 Å². The van der Waals surface area contributed by atoms with Crippen LogP contribution in [0, 0.1) is 0 Å². The number of hydrogen-bond acceptors (Lipinski definition) is 3. The molecule has 0 radical (unpaired) electrons. The number of nitrogens with zero attached hydrogens (tertiary/aromatic N) is 1. The fraction of sp³-hybridized carbons (Fsp3) is 1.00. The number of aliphatic hydroxyl groups is 1. The molecule has 0 saturated heterocycles. The molecule has 0 aliphatic carbocycles. The average Bonchev–Trinajstić information content (AvgIpc) is 2.01. The Morgan fingerprint density at radius 2 is 1.92 bits per heavy atom. The summed E-state index contributed by atoms with van der Waals surface area (Å²) in [6, 6.07) is 0. The van der Waals surface area contributed by atoms with E-state index in [2.05, 4.69) is 24.5 Å². The van der Waals surface area contributed by atoms with E-state index in [1.165, 1.54) is 6.42 Å². The van der Waals surface area contributed by atoms with Gasteiger partial charge in [0.05, 0.1) is 5.60 Å². The highest BCUT2D eigenvalue weighted by atomic mass is 32.1. The Bertz CT molecular complexity index is 123. The van der Waals surface area contributed by atoms with E-state index >= 15 is 0 Å². The molecular formula is C10H23NOS. The molecule has 2 nitrogen and oxygen atoms in total. The third-order valence-electron chi connectivity index (χ3n) is 1.94. The summed E-state index contributed by atoms with van der Waals surface area (Å²) in [4.78, 5) is 2.28. The van der Waals surface area contributed by atoms with Crippen molar-refractivity contribution in [2.75, 3.05) is 25.4 Å². The van der Waals surface area contributed by atoms with Gasteiger partial charge in [-0.1, -0.05) is 6.92 Å². The summed E-state index contributed by atoms with van der Waals surface area (Å²) in [5.74, 6) is 0.958. The van der Waals surface area contributed by atoms with Gasteiger partial charge in [0.15, 0.2) is 0 Å². The molecule has 0 unspecified atom stereocenters. The monoisotopic (exact) mass is 205 g/mol. The van der Waals surface area contributed by atoms with Crippen molar-refractivity contribution in [3.05, 3.63) is 0 Å². The zero-order valence-corrected chi connectivity index (χ0v) is 9.98. The normalized spacial score (nSPS) is 12.5. The van der Waals surface area contributed by atoms with E-state index in [9.17, 15) is 5.11 Å². The lowest BCUT2D eigenvalue weighted by atomic mass is 10.1. The van der Waals surface area contributed by atoms with Gasteiger partial charge in [0, 0.05) is 6.54 Å². The molecule has 80 valence electrons. The number of rotatable bonds is 7. The van der Waals surface area contributed by atoms with Crippen molar-refractivity contribution in [1.29, 1.82) is 0 Å². The standard InChI is InChI=1S/C10H23NOS/c1-4-11(7-5-6-8-13)9-10(2,3)12/h12-13H,4-9H2,1-3H3. The van der Waals surface area contributed by atoms with Crippen molar-refractivity contribution >= 4 is 12.6 Å². The second-order valence-corrected chi connectivity index (χ2v) is 4.56. The van der Waals surface area contributed by atoms with Gasteiger partial charge >= 0.3 is 0 Å². The topological polar surface area (TPSA) is 23.5 Å². The maximum absolute atomic E-state index is 9.62. The minimum atomic E-state index is -0.572. The first-order valence-corrected chi connectivity index (χ1v) is 5.68. The number of unbranched alkanes of at least 4 members (excludes halogenated alkanes) is 1. The van der Waals surface area contributed by atoms with Crippen LogP contribution in [-0.4, -0.2) is 41.0 Å². The lowest BCUT2D eigenvalue weighted by Gasteiger charge is -2.27. The van der Waals surface area contributed by atoms with Crippen molar-refractivity contribution in [3.63, 3.8) is 0 Å². The van der Waals surface area contributed by atoms with Crippen molar-refractivity contribution in [2.24, 2.45) is 0 Å². The summed E-state index contributed by atoms with van der Waals surface area (Å²) < 4.78 is 0. The van der Waals surface area contributed by atoms with Crippen LogP contribution in [0.5, 0.6) is 0 Å². The van der Waals surface area contributed by atoms with Crippen LogP contribution in [0.1, 0.15) is 33.6 Å². The van der Waals surface area contributed by atoms with Gasteiger partial charge in [-0.15, -0.1) is 0 Å². The van der Waals surface area contributed by atoms with Gasteiger partial charge in [-0.05, 0) is 45.5 Å². The van der Waals surface area contributed by atoms with Gasteiger partial charge in [0.2, 0.25) is 0 Å². The van der Waals surface area contributed by atoms with Crippen LogP contribution in [0.15, 0.2) is 0 Å². The van der Waals surface area contributed by atoms with Crippen LogP contribution in [-0.2, 0) is 0 Å². The van der Waals surface area contributed by atoms with Crippen molar-refractivity contribution in [2.45, 2.75) is 39.2 Å². The van der Waals surface area contributed by atoms with E-state index in [0.717, 1.165) is 31.8 Å². The molecule has 3 heteroatoms. The summed E-state index contributed by atoms with van der Waals surface area (Å²) in [5, 5.41) is 9.62. The van der Waals surface area contributed by atoms with E-state index in [4.69, 9.17) is 0 Å². The number of thiol groups is 1. The van der Waals surface area contributed by atoms with Crippen LogP contribution in [0.2, 0.25) is 0 Å². The quantitative estimate of drug-likeness (QED) is 0.489. The molecule has 0 aromatic rings. The fourth-order valence-electron chi connectivity index (χ4n) is 1.34. The summed E-state index contributed by atoms with van der Waals surface area (Å²) in [6.45, 7) is 8.68. The van der Waals surface area contributed by atoms with Gasteiger partial charge in [-0.3, -0.25) is 0 Å². The summed E-state index contributed by atoms with van der Waals surface area (Å²) in [6.07, 6.45) is 2.33. The lowest BCUT2D eigenvalue weighted by molar-refractivity contribution is 0.0375. The SMILES string of the molecule is CCN(CCCCS)CC(C)(C)O. The highest BCUT2D eigenvalue weighted by molar-refractivity contribution is 7.80. The van der Waals surface area contributed by atoms with Crippen molar-refractivity contribution in [3.8, 4) is 0 Å². The van der Waals surface area contributed by atoms with Gasteiger partial charge in [-0.2, -0.15) is 12.6 Å². The largest absolute Gasteiger partial charge is 0.389 e. The molecule has 0 atom stereocenters. The molecule has 0 spiro atoms. The molecule has 13 heavy (non-hydrogen) atoms. The minimum Gasteiger partial charge on any atom is -0.389 e. The van der Waals surface area contributed by atoms with E-state index < -0.39 is 5.60 Å². The molecule has 0 fully saturated rings. The Hall–Kier alpha value is 0.270. The third kappa shape index (κ3) is 8.60. The maximum Gasteiger partial charge on any atom is 0.0718 e. The number of hydrogen-bond donors (Lipinski definition) is 2. The number of likely N-dealkylation sites (N-methyl/N-ethyl adjacent to an activating group) is 1. The van der Waals surface area contributed by atoms with E-state index in [-0.39, 0.29) is 0 Å². The van der Waals surface area contributed by atoms with Gasteiger partial charge in [0.25, 0.3) is 0 Å². The molecule has 0 bridgehead atoms. The van der Waals surface area contributed by atoms with E-state index in [1.54, 1.807) is 0 Å². The Kier molecular flexibility index (Phi) is 6.82. The van der Waals surface area contributed by atoms with Crippen molar-refractivity contribution in [1.82, 2.24) is 4.90 Å². The maximum atomic E-state index is 9.62. The first-order chi connectivity index (χ1) is 5.99. The lowest BCUT2D eigenvalue weighted by Crippen LogP contribution is -2.39. The smallest absolute Gasteiger partial charge is 0.0718 e. The molecule has 0 amide bonds. The molecule has 0 aliphatic rings. The first-order valence-electron chi connectivity index (χ1n) is 5.05. The Balaban J connectivity index is 3.63. The van der Waals surface area contributed by atoms with E-state index in [0.29, 0.717) is 0 Å². The van der Waals surface area contributed by atoms with Crippen LogP contribution in [0.3, 0.4) is 0 Å². The Morgan fingerprint density at radius 3 is 2.31 bits per heavy atom. The molecule has 0 heterocycles. The van der Waals surface area contributed by atoms with Crippen LogP contribution < -0.4 is 0 Å². The fourth-order valence-corrected chi connectivity index (χ4v) is 1.57. The molecular weight excluding hydrogens is 182 g/mol. The molecule has 0 rings (SSSR count). The Morgan fingerprint density at radius 1 is 1.31 bits per heavy atom. The molecule has 0 aromatic heterocycles.